The van der Waals surface area contributed by atoms with E-state index >= 15 is 0 Å². The highest BCUT2D eigenvalue weighted by atomic mass is 14.8. The number of hydrogen-bond donors (Lipinski definition) is 0. The molecule has 1 aliphatic carbocycles. The fourth-order valence-electron chi connectivity index (χ4n) is 1.37. The van der Waals surface area contributed by atoms with E-state index in [-0.39, 0.29) is 0 Å². The third-order valence-electron chi connectivity index (χ3n) is 2.16. The number of rotatable bonds is 1. The molecule has 48 valence electrons. The van der Waals surface area contributed by atoms with E-state index < -0.39 is 0 Å². The molecule has 1 saturated carbocycles. The van der Waals surface area contributed by atoms with Gasteiger partial charge in [0, 0.05) is 24.3 Å². The Morgan fingerprint density at radius 2 is 2.44 bits per heavy atom. The van der Waals surface area contributed by atoms with Crippen LogP contribution in [0.2, 0.25) is 0 Å². The molecule has 0 aromatic carbocycles. The quantitative estimate of drug-likeness (QED) is 0.503. The summed E-state index contributed by atoms with van der Waals surface area (Å²) in [5.74, 6) is 1.73. The van der Waals surface area contributed by atoms with Crippen LogP contribution in [0.25, 0.3) is 0 Å². The first-order valence-corrected chi connectivity index (χ1v) is 3.60. The highest BCUT2D eigenvalue weighted by molar-refractivity contribution is 5.65. The molecule has 2 unspecified atom stereocenters. The molecule has 1 aliphatic heterocycles. The molecular formula is C8H11N. The Labute approximate surface area is 55.5 Å². The zero-order valence-electron chi connectivity index (χ0n) is 5.67. The van der Waals surface area contributed by atoms with Gasteiger partial charge in [-0.25, -0.2) is 0 Å². The number of aliphatic imine (C=N–C) groups is 1. The summed E-state index contributed by atoms with van der Waals surface area (Å²) in [6.45, 7) is 2.29. The van der Waals surface area contributed by atoms with Crippen molar-refractivity contribution >= 4 is 6.21 Å². The van der Waals surface area contributed by atoms with Gasteiger partial charge in [-0.05, 0) is 12.3 Å². The molecule has 0 spiro atoms. The molecule has 0 aromatic rings. The number of nitrogens with zero attached hydrogens (tertiary/aromatic N) is 1. The van der Waals surface area contributed by atoms with Crippen molar-refractivity contribution in [2.45, 2.75) is 19.8 Å². The number of hydrogen-bond acceptors (Lipinski definition) is 1. The first-order chi connectivity index (χ1) is 4.38. The fourth-order valence-corrected chi connectivity index (χ4v) is 1.37. The van der Waals surface area contributed by atoms with Gasteiger partial charge in [0.25, 0.3) is 0 Å². The predicted molar refractivity (Wildman–Crippen MR) is 38.5 cm³/mol. The SMILES string of the molecule is CC1CC1C1=CCC=N1. The summed E-state index contributed by atoms with van der Waals surface area (Å²) in [7, 11) is 0. The minimum atomic E-state index is 0.823. The molecule has 0 saturated heterocycles. The summed E-state index contributed by atoms with van der Waals surface area (Å²) in [6.07, 6.45) is 6.68. The third-order valence-corrected chi connectivity index (χ3v) is 2.16. The van der Waals surface area contributed by atoms with E-state index in [9.17, 15) is 0 Å². The maximum Gasteiger partial charge on any atom is 0.0397 e. The van der Waals surface area contributed by atoms with Crippen LogP contribution in [0.3, 0.4) is 0 Å². The van der Waals surface area contributed by atoms with Gasteiger partial charge in [0.1, 0.15) is 0 Å². The maximum absolute atomic E-state index is 4.28. The van der Waals surface area contributed by atoms with Crippen LogP contribution in [0, 0.1) is 11.8 Å². The molecule has 0 aromatic heterocycles. The molecule has 9 heavy (non-hydrogen) atoms. The summed E-state index contributed by atoms with van der Waals surface area (Å²) in [5.41, 5.74) is 1.35. The highest BCUT2D eigenvalue weighted by Gasteiger charge is 2.36. The molecule has 2 rings (SSSR count). The molecule has 1 heteroatoms. The molecule has 2 atom stereocenters. The molecule has 0 bridgehead atoms. The van der Waals surface area contributed by atoms with Crippen LogP contribution < -0.4 is 0 Å². The van der Waals surface area contributed by atoms with Crippen LogP contribution >= 0.6 is 0 Å². The smallest absolute Gasteiger partial charge is 0.0397 e. The first kappa shape index (κ1) is 5.21. The van der Waals surface area contributed by atoms with Gasteiger partial charge in [0.15, 0.2) is 0 Å². The Kier molecular flexibility index (Phi) is 0.981. The van der Waals surface area contributed by atoms with E-state index in [1.165, 1.54) is 12.1 Å². The fraction of sp³-hybridized carbons (Fsp3) is 0.625. The van der Waals surface area contributed by atoms with Crippen molar-refractivity contribution in [3.05, 3.63) is 11.8 Å². The largest absolute Gasteiger partial charge is 0.265 e. The summed E-state index contributed by atoms with van der Waals surface area (Å²) in [4.78, 5) is 4.28. The maximum atomic E-state index is 4.28. The van der Waals surface area contributed by atoms with Gasteiger partial charge in [-0.1, -0.05) is 13.0 Å². The van der Waals surface area contributed by atoms with Gasteiger partial charge in [0.05, 0.1) is 0 Å². The lowest BCUT2D eigenvalue weighted by Crippen LogP contribution is -1.78. The van der Waals surface area contributed by atoms with Gasteiger partial charge in [-0.15, -0.1) is 0 Å². The second-order valence-electron chi connectivity index (χ2n) is 3.00. The molecule has 0 N–H and O–H groups in total. The summed E-state index contributed by atoms with van der Waals surface area (Å²) in [6, 6.07) is 0. The minimum Gasteiger partial charge on any atom is -0.265 e. The third kappa shape index (κ3) is 0.805. The lowest BCUT2D eigenvalue weighted by molar-refractivity contribution is 0.849. The summed E-state index contributed by atoms with van der Waals surface area (Å²) in [5, 5.41) is 0. The number of allylic oxidation sites excluding steroid dienone is 2. The lowest BCUT2D eigenvalue weighted by Gasteiger charge is -1.90. The molecule has 1 fully saturated rings. The van der Waals surface area contributed by atoms with E-state index in [1.54, 1.807) is 0 Å². The Morgan fingerprint density at radius 1 is 1.67 bits per heavy atom. The van der Waals surface area contributed by atoms with Crippen molar-refractivity contribution in [1.29, 1.82) is 0 Å². The average molecular weight is 121 g/mol. The van der Waals surface area contributed by atoms with E-state index in [1.807, 2.05) is 6.21 Å². The van der Waals surface area contributed by atoms with Crippen LogP contribution in [-0.2, 0) is 0 Å². The van der Waals surface area contributed by atoms with Gasteiger partial charge >= 0.3 is 0 Å². The standard InChI is InChI=1S/C8H11N/c1-6-5-7(6)8-3-2-4-9-8/h3-4,6-7H,2,5H2,1H3. The van der Waals surface area contributed by atoms with Gasteiger partial charge in [-0.3, -0.25) is 4.99 Å². The van der Waals surface area contributed by atoms with Crippen LogP contribution in [0.4, 0.5) is 0 Å². The van der Waals surface area contributed by atoms with Crippen LogP contribution in [0.1, 0.15) is 19.8 Å². The Bertz CT molecular complexity index is 179. The summed E-state index contributed by atoms with van der Waals surface area (Å²) >= 11 is 0. The molecule has 0 radical (unpaired) electrons. The van der Waals surface area contributed by atoms with Gasteiger partial charge in [0.2, 0.25) is 0 Å². The van der Waals surface area contributed by atoms with Crippen molar-refractivity contribution in [2.75, 3.05) is 0 Å². The van der Waals surface area contributed by atoms with E-state index in [0.29, 0.717) is 0 Å². The van der Waals surface area contributed by atoms with E-state index in [0.717, 1.165) is 18.3 Å². The van der Waals surface area contributed by atoms with Gasteiger partial charge in [-0.2, -0.15) is 0 Å². The lowest BCUT2D eigenvalue weighted by atomic mass is 10.2. The Hall–Kier alpha value is -0.590. The van der Waals surface area contributed by atoms with E-state index in [4.69, 9.17) is 0 Å². The predicted octanol–water partition coefficient (Wildman–Crippen LogP) is 2.00. The first-order valence-electron chi connectivity index (χ1n) is 3.60. The topological polar surface area (TPSA) is 12.4 Å². The van der Waals surface area contributed by atoms with Gasteiger partial charge < -0.3 is 0 Å². The molecule has 2 aliphatic rings. The van der Waals surface area contributed by atoms with E-state index in [2.05, 4.69) is 18.0 Å². The Morgan fingerprint density at radius 3 is 2.89 bits per heavy atom. The summed E-state index contributed by atoms with van der Waals surface area (Å²) < 4.78 is 0. The average Bonchev–Trinajstić information content (AvgIpc) is 2.44. The van der Waals surface area contributed by atoms with Crippen molar-refractivity contribution in [3.63, 3.8) is 0 Å². The highest BCUT2D eigenvalue weighted by Crippen LogP contribution is 2.44. The monoisotopic (exact) mass is 121 g/mol. The zero-order chi connectivity index (χ0) is 6.27. The van der Waals surface area contributed by atoms with Crippen LogP contribution in [0.15, 0.2) is 16.8 Å². The van der Waals surface area contributed by atoms with Crippen LogP contribution in [0.5, 0.6) is 0 Å². The van der Waals surface area contributed by atoms with Crippen molar-refractivity contribution in [2.24, 2.45) is 16.8 Å². The second kappa shape index (κ2) is 1.69. The van der Waals surface area contributed by atoms with Crippen molar-refractivity contribution in [3.8, 4) is 0 Å². The molecule has 0 amide bonds. The molecule has 1 nitrogen and oxygen atoms in total. The zero-order valence-corrected chi connectivity index (χ0v) is 5.67. The Balaban J connectivity index is 2.07. The minimum absolute atomic E-state index is 0.823. The molecular weight excluding hydrogens is 110 g/mol. The normalized spacial score (nSPS) is 39.0. The van der Waals surface area contributed by atoms with Crippen LogP contribution in [-0.4, -0.2) is 6.21 Å². The van der Waals surface area contributed by atoms with Crippen molar-refractivity contribution in [1.82, 2.24) is 0 Å². The second-order valence-corrected chi connectivity index (χ2v) is 3.00. The molecule has 1 heterocycles. The van der Waals surface area contributed by atoms with Crippen molar-refractivity contribution < 1.29 is 0 Å².